The molecular formula is C15H14F3N3O. The number of carbonyl (C=O) groups is 1. The number of carbonyl (C=O) groups excluding carboxylic acids is 1. The molecule has 0 saturated heterocycles. The molecule has 1 aromatic heterocycles. The van der Waals surface area contributed by atoms with Gasteiger partial charge in [-0.05, 0) is 37.5 Å². The lowest BCUT2D eigenvalue weighted by atomic mass is 10.0. The third kappa shape index (κ3) is 3.81. The van der Waals surface area contributed by atoms with Gasteiger partial charge in [0, 0.05) is 11.8 Å². The molecule has 0 radical (unpaired) electrons. The van der Waals surface area contributed by atoms with E-state index in [4.69, 9.17) is 5.73 Å². The minimum absolute atomic E-state index is 0.0514. The van der Waals surface area contributed by atoms with Crippen LogP contribution in [0.4, 0.5) is 13.2 Å². The van der Waals surface area contributed by atoms with E-state index in [1.807, 2.05) is 0 Å². The zero-order chi connectivity index (χ0) is 16.3. The topological polar surface area (TPSA) is 68.9 Å². The molecule has 0 atom stereocenters. The third-order valence-corrected chi connectivity index (χ3v) is 3.16. The number of hydrogen-bond donors (Lipinski definition) is 1. The number of amides is 1. The second-order valence-electron chi connectivity index (χ2n) is 4.84. The largest absolute Gasteiger partial charge is 0.419 e. The van der Waals surface area contributed by atoms with Gasteiger partial charge in [0.2, 0.25) is 5.91 Å². The maximum atomic E-state index is 12.9. The summed E-state index contributed by atoms with van der Waals surface area (Å²) in [7, 11) is 0. The highest BCUT2D eigenvalue weighted by molar-refractivity contribution is 5.92. The Kier molecular flexibility index (Phi) is 4.44. The van der Waals surface area contributed by atoms with Gasteiger partial charge in [0.1, 0.15) is 5.82 Å². The fourth-order valence-corrected chi connectivity index (χ4v) is 2.09. The molecule has 0 saturated carbocycles. The highest BCUT2D eigenvalue weighted by atomic mass is 19.4. The molecule has 2 rings (SSSR count). The maximum absolute atomic E-state index is 12.9. The van der Waals surface area contributed by atoms with Crippen molar-refractivity contribution in [3.05, 3.63) is 58.7 Å². The Balaban J connectivity index is 2.23. The molecule has 0 spiro atoms. The number of halogens is 3. The molecule has 0 aliphatic carbocycles. The first-order valence-corrected chi connectivity index (χ1v) is 6.56. The number of primary amides is 1. The Morgan fingerprint density at radius 3 is 2.64 bits per heavy atom. The van der Waals surface area contributed by atoms with Gasteiger partial charge in [0.15, 0.2) is 0 Å². The van der Waals surface area contributed by atoms with Crippen LogP contribution in [0.1, 0.15) is 33.0 Å². The number of rotatable bonds is 4. The molecule has 0 aliphatic rings. The van der Waals surface area contributed by atoms with Crippen LogP contribution in [0.25, 0.3) is 0 Å². The van der Waals surface area contributed by atoms with E-state index in [-0.39, 0.29) is 17.9 Å². The molecule has 4 nitrogen and oxygen atoms in total. The number of benzene rings is 1. The molecule has 2 N–H and O–H groups in total. The lowest BCUT2D eigenvalue weighted by Gasteiger charge is -2.12. The van der Waals surface area contributed by atoms with Crippen LogP contribution in [0, 0.1) is 6.92 Å². The molecule has 1 aromatic carbocycles. The first-order valence-electron chi connectivity index (χ1n) is 6.56. The Hall–Kier alpha value is -2.44. The molecule has 0 bridgehead atoms. The predicted molar refractivity (Wildman–Crippen MR) is 74.1 cm³/mol. The summed E-state index contributed by atoms with van der Waals surface area (Å²) in [5.41, 5.74) is 5.35. The number of aryl methyl sites for hydroxylation is 3. The van der Waals surface area contributed by atoms with Crippen LogP contribution in [-0.2, 0) is 19.0 Å². The zero-order valence-corrected chi connectivity index (χ0v) is 11.8. The summed E-state index contributed by atoms with van der Waals surface area (Å²) in [6.07, 6.45) is -3.27. The molecule has 1 heterocycles. The molecule has 0 unspecified atom stereocenters. The number of aromatic nitrogens is 2. The van der Waals surface area contributed by atoms with Crippen LogP contribution in [0.3, 0.4) is 0 Å². The average Bonchev–Trinajstić information content (AvgIpc) is 2.44. The van der Waals surface area contributed by atoms with Gasteiger partial charge in [-0.2, -0.15) is 13.2 Å². The Morgan fingerprint density at radius 2 is 2.00 bits per heavy atom. The van der Waals surface area contributed by atoms with Crippen molar-refractivity contribution in [3.8, 4) is 0 Å². The van der Waals surface area contributed by atoms with E-state index >= 15 is 0 Å². The third-order valence-electron chi connectivity index (χ3n) is 3.16. The molecular weight excluding hydrogens is 295 g/mol. The monoisotopic (exact) mass is 309 g/mol. The van der Waals surface area contributed by atoms with E-state index in [0.29, 0.717) is 12.0 Å². The van der Waals surface area contributed by atoms with Crippen molar-refractivity contribution in [3.63, 3.8) is 0 Å². The quantitative estimate of drug-likeness (QED) is 0.944. The van der Waals surface area contributed by atoms with Crippen LogP contribution < -0.4 is 5.73 Å². The van der Waals surface area contributed by atoms with Gasteiger partial charge >= 0.3 is 6.18 Å². The van der Waals surface area contributed by atoms with Gasteiger partial charge in [0.25, 0.3) is 0 Å². The first-order chi connectivity index (χ1) is 10.3. The van der Waals surface area contributed by atoms with Crippen molar-refractivity contribution >= 4 is 5.91 Å². The minimum atomic E-state index is -4.49. The second-order valence-corrected chi connectivity index (χ2v) is 4.84. The van der Waals surface area contributed by atoms with E-state index in [9.17, 15) is 18.0 Å². The van der Waals surface area contributed by atoms with Gasteiger partial charge in [0.05, 0.1) is 11.3 Å². The standard InChI is InChI=1S/C15H14F3N3O/c1-9-20-8-12(15(16,17)18)13(21-9)6-5-10-3-2-4-11(7-10)14(19)22/h2-4,7-8H,5-6H2,1H3,(H2,19,22). The Morgan fingerprint density at radius 1 is 1.27 bits per heavy atom. The highest BCUT2D eigenvalue weighted by Crippen LogP contribution is 2.31. The van der Waals surface area contributed by atoms with E-state index in [2.05, 4.69) is 9.97 Å². The van der Waals surface area contributed by atoms with Crippen molar-refractivity contribution in [2.24, 2.45) is 5.73 Å². The van der Waals surface area contributed by atoms with E-state index in [0.717, 1.165) is 11.8 Å². The number of nitrogens with two attached hydrogens (primary N) is 1. The van der Waals surface area contributed by atoms with Gasteiger partial charge in [-0.3, -0.25) is 4.79 Å². The van der Waals surface area contributed by atoms with Gasteiger partial charge < -0.3 is 5.73 Å². The van der Waals surface area contributed by atoms with Crippen molar-refractivity contribution in [2.75, 3.05) is 0 Å². The summed E-state index contributed by atoms with van der Waals surface area (Å²) >= 11 is 0. The summed E-state index contributed by atoms with van der Waals surface area (Å²) < 4.78 is 38.8. The molecule has 2 aromatic rings. The highest BCUT2D eigenvalue weighted by Gasteiger charge is 2.34. The van der Waals surface area contributed by atoms with Crippen LogP contribution in [0.5, 0.6) is 0 Å². The van der Waals surface area contributed by atoms with Crippen LogP contribution in [-0.4, -0.2) is 15.9 Å². The first kappa shape index (κ1) is 15.9. The molecule has 7 heteroatoms. The normalized spacial score (nSPS) is 11.5. The molecule has 0 fully saturated rings. The van der Waals surface area contributed by atoms with E-state index < -0.39 is 17.6 Å². The van der Waals surface area contributed by atoms with Crippen LogP contribution in [0.15, 0.2) is 30.5 Å². The predicted octanol–water partition coefficient (Wildman–Crippen LogP) is 2.69. The number of alkyl halides is 3. The minimum Gasteiger partial charge on any atom is -0.366 e. The summed E-state index contributed by atoms with van der Waals surface area (Å²) in [5, 5.41) is 0. The Labute approximate surface area is 125 Å². The fourth-order valence-electron chi connectivity index (χ4n) is 2.09. The molecule has 116 valence electrons. The molecule has 22 heavy (non-hydrogen) atoms. The van der Waals surface area contributed by atoms with Crippen molar-refractivity contribution in [2.45, 2.75) is 25.9 Å². The van der Waals surface area contributed by atoms with Crippen molar-refractivity contribution in [1.82, 2.24) is 9.97 Å². The summed E-state index contributed by atoms with van der Waals surface area (Å²) in [4.78, 5) is 18.6. The summed E-state index contributed by atoms with van der Waals surface area (Å²) in [5.74, 6) is -0.287. The number of hydrogen-bond acceptors (Lipinski definition) is 3. The molecule has 0 aliphatic heterocycles. The van der Waals surface area contributed by atoms with E-state index in [1.54, 1.807) is 24.3 Å². The smallest absolute Gasteiger partial charge is 0.366 e. The lowest BCUT2D eigenvalue weighted by molar-refractivity contribution is -0.138. The van der Waals surface area contributed by atoms with Gasteiger partial charge in [-0.25, -0.2) is 9.97 Å². The summed E-state index contributed by atoms with van der Waals surface area (Å²) in [6, 6.07) is 6.50. The second kappa shape index (κ2) is 6.13. The van der Waals surface area contributed by atoms with Crippen molar-refractivity contribution in [1.29, 1.82) is 0 Å². The average molecular weight is 309 g/mol. The SMILES string of the molecule is Cc1ncc(C(F)(F)F)c(CCc2cccc(C(N)=O)c2)n1. The Bertz CT molecular complexity index is 699. The van der Waals surface area contributed by atoms with Crippen molar-refractivity contribution < 1.29 is 18.0 Å². The summed E-state index contributed by atoms with van der Waals surface area (Å²) in [6.45, 7) is 1.54. The van der Waals surface area contributed by atoms with Gasteiger partial charge in [-0.15, -0.1) is 0 Å². The fraction of sp³-hybridized carbons (Fsp3) is 0.267. The van der Waals surface area contributed by atoms with E-state index in [1.165, 1.54) is 6.92 Å². The number of nitrogens with zero attached hydrogens (tertiary/aromatic N) is 2. The maximum Gasteiger partial charge on any atom is 0.419 e. The zero-order valence-electron chi connectivity index (χ0n) is 11.8. The lowest BCUT2D eigenvalue weighted by Crippen LogP contribution is -2.14. The van der Waals surface area contributed by atoms with Crippen LogP contribution in [0.2, 0.25) is 0 Å². The van der Waals surface area contributed by atoms with Crippen LogP contribution >= 0.6 is 0 Å². The molecule has 1 amide bonds. The van der Waals surface area contributed by atoms with Gasteiger partial charge in [-0.1, -0.05) is 12.1 Å².